The normalized spacial score (nSPS) is 11.5. The molecule has 0 aliphatic rings. The molecule has 0 saturated heterocycles. The first-order chi connectivity index (χ1) is 11.9. The molecule has 0 N–H and O–H groups in total. The molecular weight excluding hydrogens is 290 g/mol. The number of nitrogens with zero attached hydrogens (tertiary/aromatic N) is 1. The molecule has 0 atom stereocenters. The Morgan fingerprint density at radius 3 is 2.08 bits per heavy atom. The highest BCUT2D eigenvalue weighted by Crippen LogP contribution is 2.31. The number of allylic oxidation sites excluding steroid dienone is 1. The van der Waals surface area contributed by atoms with E-state index < -0.39 is 0 Å². The standard InChI is InChI=1S/C23H15N/c24-16-20(17-8-2-1-3-9-17)15-19-14-18-10-4-5-11-21(18)23-13-7-6-12-22(19)23/h1-15H. The molecule has 0 aliphatic heterocycles. The van der Waals surface area contributed by atoms with Crippen LogP contribution in [0.1, 0.15) is 11.1 Å². The van der Waals surface area contributed by atoms with Crippen molar-refractivity contribution in [2.75, 3.05) is 0 Å². The van der Waals surface area contributed by atoms with Crippen LogP contribution in [-0.2, 0) is 0 Å². The Balaban J connectivity index is 2.02. The van der Waals surface area contributed by atoms with E-state index in [0.717, 1.165) is 11.1 Å². The zero-order valence-corrected chi connectivity index (χ0v) is 13.1. The average Bonchev–Trinajstić information content (AvgIpc) is 2.66. The van der Waals surface area contributed by atoms with Crippen molar-refractivity contribution in [3.05, 3.63) is 96.1 Å². The van der Waals surface area contributed by atoms with Gasteiger partial charge in [-0.3, -0.25) is 0 Å². The molecule has 0 amide bonds. The van der Waals surface area contributed by atoms with Crippen LogP contribution >= 0.6 is 0 Å². The molecular formula is C23H15N. The van der Waals surface area contributed by atoms with E-state index in [1.807, 2.05) is 48.5 Å². The van der Waals surface area contributed by atoms with Crippen LogP contribution in [0.2, 0.25) is 0 Å². The lowest BCUT2D eigenvalue weighted by atomic mass is 9.95. The van der Waals surface area contributed by atoms with E-state index >= 15 is 0 Å². The first-order valence-corrected chi connectivity index (χ1v) is 7.94. The van der Waals surface area contributed by atoms with Crippen LogP contribution in [0.5, 0.6) is 0 Å². The maximum Gasteiger partial charge on any atom is 0.0998 e. The van der Waals surface area contributed by atoms with Crippen LogP contribution in [-0.4, -0.2) is 0 Å². The Bertz CT molecular complexity index is 1100. The average molecular weight is 305 g/mol. The number of benzene rings is 4. The Morgan fingerprint density at radius 1 is 0.708 bits per heavy atom. The van der Waals surface area contributed by atoms with Gasteiger partial charge < -0.3 is 0 Å². The highest BCUT2D eigenvalue weighted by molar-refractivity contribution is 6.12. The van der Waals surface area contributed by atoms with E-state index in [0.29, 0.717) is 5.57 Å². The summed E-state index contributed by atoms with van der Waals surface area (Å²) >= 11 is 0. The van der Waals surface area contributed by atoms with E-state index in [-0.39, 0.29) is 0 Å². The summed E-state index contributed by atoms with van der Waals surface area (Å²) in [5.74, 6) is 0. The van der Waals surface area contributed by atoms with Crippen LogP contribution in [0.3, 0.4) is 0 Å². The maximum atomic E-state index is 9.61. The number of hydrogen-bond donors (Lipinski definition) is 0. The fraction of sp³-hybridized carbons (Fsp3) is 0. The van der Waals surface area contributed by atoms with Gasteiger partial charge >= 0.3 is 0 Å². The molecule has 0 fully saturated rings. The van der Waals surface area contributed by atoms with Gasteiger partial charge in [0, 0.05) is 0 Å². The lowest BCUT2D eigenvalue weighted by Crippen LogP contribution is -1.85. The molecule has 0 heterocycles. The van der Waals surface area contributed by atoms with Crippen LogP contribution in [0, 0.1) is 11.3 Å². The molecule has 4 aromatic carbocycles. The quantitative estimate of drug-likeness (QED) is 0.251. The number of rotatable bonds is 2. The molecule has 0 aliphatic carbocycles. The Hall–Kier alpha value is -3.37. The second-order valence-electron chi connectivity index (χ2n) is 5.77. The third-order valence-electron chi connectivity index (χ3n) is 4.31. The number of hydrogen-bond acceptors (Lipinski definition) is 1. The molecule has 0 radical (unpaired) electrons. The zero-order chi connectivity index (χ0) is 16.4. The molecule has 112 valence electrons. The first kappa shape index (κ1) is 14.2. The van der Waals surface area contributed by atoms with E-state index in [9.17, 15) is 5.26 Å². The van der Waals surface area contributed by atoms with Gasteiger partial charge in [0.05, 0.1) is 11.6 Å². The lowest BCUT2D eigenvalue weighted by Gasteiger charge is -2.08. The van der Waals surface area contributed by atoms with Gasteiger partial charge in [-0.05, 0) is 44.8 Å². The highest BCUT2D eigenvalue weighted by atomic mass is 14.2. The summed E-state index contributed by atoms with van der Waals surface area (Å²) < 4.78 is 0. The predicted octanol–water partition coefficient (Wildman–Crippen LogP) is 6.06. The Morgan fingerprint density at radius 2 is 1.33 bits per heavy atom. The molecule has 0 aromatic heterocycles. The van der Waals surface area contributed by atoms with E-state index in [1.165, 1.54) is 21.5 Å². The fourth-order valence-corrected chi connectivity index (χ4v) is 3.16. The van der Waals surface area contributed by atoms with Crippen molar-refractivity contribution in [3.63, 3.8) is 0 Å². The highest BCUT2D eigenvalue weighted by Gasteiger charge is 2.06. The van der Waals surface area contributed by atoms with Gasteiger partial charge in [-0.1, -0.05) is 78.9 Å². The minimum Gasteiger partial charge on any atom is -0.192 e. The van der Waals surface area contributed by atoms with Crippen molar-refractivity contribution in [1.82, 2.24) is 0 Å². The van der Waals surface area contributed by atoms with Crippen molar-refractivity contribution in [2.24, 2.45) is 0 Å². The Labute approximate surface area is 141 Å². The van der Waals surface area contributed by atoms with Crippen molar-refractivity contribution < 1.29 is 0 Å². The van der Waals surface area contributed by atoms with E-state index in [1.54, 1.807) is 0 Å². The van der Waals surface area contributed by atoms with Crippen LogP contribution in [0.4, 0.5) is 0 Å². The molecule has 1 heteroatoms. The third kappa shape index (κ3) is 2.45. The molecule has 1 nitrogen and oxygen atoms in total. The minimum absolute atomic E-state index is 0.677. The second-order valence-corrected chi connectivity index (χ2v) is 5.77. The lowest BCUT2D eigenvalue weighted by molar-refractivity contribution is 1.52. The molecule has 0 spiro atoms. The predicted molar refractivity (Wildman–Crippen MR) is 101 cm³/mol. The van der Waals surface area contributed by atoms with Gasteiger partial charge in [0.25, 0.3) is 0 Å². The smallest absolute Gasteiger partial charge is 0.0998 e. The van der Waals surface area contributed by atoms with Crippen molar-refractivity contribution in [2.45, 2.75) is 0 Å². The summed E-state index contributed by atoms with van der Waals surface area (Å²) in [7, 11) is 0. The third-order valence-corrected chi connectivity index (χ3v) is 4.31. The van der Waals surface area contributed by atoms with Crippen molar-refractivity contribution in [1.29, 1.82) is 5.26 Å². The van der Waals surface area contributed by atoms with Crippen molar-refractivity contribution in [3.8, 4) is 6.07 Å². The van der Waals surface area contributed by atoms with Crippen LogP contribution in [0.15, 0.2) is 84.9 Å². The Kier molecular flexibility index (Phi) is 3.57. The SMILES string of the molecule is N#CC(=Cc1cc2ccccc2c2ccccc12)c1ccccc1. The second kappa shape index (κ2) is 6.02. The van der Waals surface area contributed by atoms with Crippen LogP contribution < -0.4 is 0 Å². The summed E-state index contributed by atoms with van der Waals surface area (Å²) in [5.41, 5.74) is 2.69. The van der Waals surface area contributed by atoms with Gasteiger partial charge in [0.1, 0.15) is 0 Å². The fourth-order valence-electron chi connectivity index (χ4n) is 3.16. The van der Waals surface area contributed by atoms with Gasteiger partial charge in [-0.25, -0.2) is 0 Å². The van der Waals surface area contributed by atoms with E-state index in [2.05, 4.69) is 48.5 Å². The maximum absolute atomic E-state index is 9.61. The number of nitriles is 1. The molecule has 0 bridgehead atoms. The van der Waals surface area contributed by atoms with Crippen LogP contribution in [0.25, 0.3) is 33.2 Å². The molecule has 4 rings (SSSR count). The summed E-state index contributed by atoms with van der Waals surface area (Å²) in [6.07, 6.45) is 1.99. The summed E-state index contributed by atoms with van der Waals surface area (Å²) in [6, 6.07) is 31.1. The molecule has 4 aromatic rings. The summed E-state index contributed by atoms with van der Waals surface area (Å²) in [6.45, 7) is 0. The minimum atomic E-state index is 0.677. The van der Waals surface area contributed by atoms with Gasteiger partial charge in [0.2, 0.25) is 0 Å². The topological polar surface area (TPSA) is 23.8 Å². The molecule has 0 saturated carbocycles. The molecule has 24 heavy (non-hydrogen) atoms. The first-order valence-electron chi connectivity index (χ1n) is 7.94. The van der Waals surface area contributed by atoms with E-state index in [4.69, 9.17) is 0 Å². The van der Waals surface area contributed by atoms with Gasteiger partial charge in [-0.15, -0.1) is 0 Å². The van der Waals surface area contributed by atoms with Crippen molar-refractivity contribution >= 4 is 33.2 Å². The van der Waals surface area contributed by atoms with Gasteiger partial charge in [-0.2, -0.15) is 5.26 Å². The monoisotopic (exact) mass is 305 g/mol. The zero-order valence-electron chi connectivity index (χ0n) is 13.1. The van der Waals surface area contributed by atoms with Gasteiger partial charge in [0.15, 0.2) is 0 Å². The summed E-state index contributed by atoms with van der Waals surface area (Å²) in [4.78, 5) is 0. The summed E-state index contributed by atoms with van der Waals surface area (Å²) in [5, 5.41) is 14.4. The number of fused-ring (bicyclic) bond motifs is 3. The molecule has 0 unspecified atom stereocenters. The largest absolute Gasteiger partial charge is 0.192 e.